The van der Waals surface area contributed by atoms with Gasteiger partial charge in [0.25, 0.3) is 0 Å². The molecule has 3 aliphatic rings. The van der Waals surface area contributed by atoms with Gasteiger partial charge in [0, 0.05) is 81.2 Å². The van der Waals surface area contributed by atoms with E-state index in [1.54, 1.807) is 6.20 Å². The number of hydrogen-bond donors (Lipinski definition) is 4. The van der Waals surface area contributed by atoms with E-state index in [0.717, 1.165) is 100 Å². The number of nitrogens with zero attached hydrogens (tertiary/aromatic N) is 5. The van der Waals surface area contributed by atoms with Crippen molar-refractivity contribution >= 4 is 34.8 Å². The Bertz CT molecular complexity index is 1350. The topological polar surface area (TPSA) is 118 Å². The van der Waals surface area contributed by atoms with Gasteiger partial charge < -0.3 is 31.1 Å². The lowest BCUT2D eigenvalue weighted by atomic mass is 10.1. The summed E-state index contributed by atoms with van der Waals surface area (Å²) >= 11 is 0. The fourth-order valence-electron chi connectivity index (χ4n) is 5.70. The summed E-state index contributed by atoms with van der Waals surface area (Å²) in [5, 5.41) is 12.8. The van der Waals surface area contributed by atoms with Crippen LogP contribution in [0.5, 0.6) is 0 Å². The van der Waals surface area contributed by atoms with Crippen LogP contribution >= 0.6 is 0 Å². The SMILES string of the molecule is O=C(Nc1ccc(-c2ccnc(Nc3ccc(N4CCN(C(=O)CN5CCNCC5)CC4)cc3)n2)cc1)C1CCCN1. The maximum Gasteiger partial charge on any atom is 0.241 e. The summed E-state index contributed by atoms with van der Waals surface area (Å²) in [6.45, 7) is 8.35. The standard InChI is InChI=1S/C31H39N9O2/c41-29(22-38-16-14-32-15-17-38)40-20-18-39(19-21-40)26-9-7-25(8-10-26)36-31-34-13-11-27(37-31)23-3-5-24(6-4-23)35-30(42)28-2-1-12-33-28/h3-11,13,28,32-33H,1-2,12,14-22H2,(H,35,42)(H,34,36,37). The van der Waals surface area contributed by atoms with Crippen molar-refractivity contribution in [1.82, 2.24) is 30.4 Å². The Balaban J connectivity index is 1.00. The molecule has 1 unspecified atom stereocenters. The fraction of sp³-hybridized carbons (Fsp3) is 0.419. The van der Waals surface area contributed by atoms with E-state index >= 15 is 0 Å². The molecule has 11 heteroatoms. The quantitative estimate of drug-likeness (QED) is 0.324. The second kappa shape index (κ2) is 13.3. The molecule has 0 radical (unpaired) electrons. The van der Waals surface area contributed by atoms with E-state index in [1.165, 1.54) is 0 Å². The van der Waals surface area contributed by atoms with E-state index in [0.29, 0.717) is 12.5 Å². The van der Waals surface area contributed by atoms with Crippen molar-refractivity contribution in [1.29, 1.82) is 0 Å². The number of nitrogens with one attached hydrogen (secondary N) is 4. The molecule has 2 aromatic carbocycles. The molecule has 3 aromatic rings. The highest BCUT2D eigenvalue weighted by Crippen LogP contribution is 2.24. The molecule has 2 amide bonds. The third-order valence-corrected chi connectivity index (χ3v) is 8.17. The molecule has 0 aliphatic carbocycles. The smallest absolute Gasteiger partial charge is 0.241 e. The zero-order valence-electron chi connectivity index (χ0n) is 23.9. The maximum absolute atomic E-state index is 12.7. The summed E-state index contributed by atoms with van der Waals surface area (Å²) in [4.78, 5) is 40.8. The minimum atomic E-state index is -0.109. The Hall–Kier alpha value is -4.06. The van der Waals surface area contributed by atoms with Crippen molar-refractivity contribution in [2.45, 2.75) is 18.9 Å². The summed E-state index contributed by atoms with van der Waals surface area (Å²) < 4.78 is 0. The number of amides is 2. The van der Waals surface area contributed by atoms with Gasteiger partial charge in [-0.2, -0.15) is 0 Å². The summed E-state index contributed by atoms with van der Waals surface area (Å²) in [7, 11) is 0. The molecule has 0 spiro atoms. The zero-order chi connectivity index (χ0) is 28.7. The lowest BCUT2D eigenvalue weighted by Crippen LogP contribution is -2.53. The van der Waals surface area contributed by atoms with E-state index in [4.69, 9.17) is 4.98 Å². The Morgan fingerprint density at radius 3 is 2.31 bits per heavy atom. The fourth-order valence-corrected chi connectivity index (χ4v) is 5.70. The molecule has 3 fully saturated rings. The van der Waals surface area contributed by atoms with Gasteiger partial charge >= 0.3 is 0 Å². The number of carbonyl (C=O) groups is 2. The Labute approximate surface area is 246 Å². The van der Waals surface area contributed by atoms with Crippen molar-refractivity contribution in [2.24, 2.45) is 0 Å². The van der Waals surface area contributed by atoms with Crippen LogP contribution in [0.4, 0.5) is 23.0 Å². The van der Waals surface area contributed by atoms with E-state index in [2.05, 4.69) is 48.2 Å². The number of rotatable bonds is 8. The molecule has 0 saturated carbocycles. The highest BCUT2D eigenvalue weighted by molar-refractivity contribution is 5.95. The highest BCUT2D eigenvalue weighted by atomic mass is 16.2. The molecule has 6 rings (SSSR count). The first kappa shape index (κ1) is 28.1. The van der Waals surface area contributed by atoms with Crippen LogP contribution in [0.15, 0.2) is 60.8 Å². The minimum Gasteiger partial charge on any atom is -0.368 e. The van der Waals surface area contributed by atoms with E-state index in [-0.39, 0.29) is 17.9 Å². The predicted octanol–water partition coefficient (Wildman–Crippen LogP) is 2.13. The first-order valence-corrected chi connectivity index (χ1v) is 14.9. The van der Waals surface area contributed by atoms with Crippen molar-refractivity contribution in [2.75, 3.05) is 81.0 Å². The second-order valence-electron chi connectivity index (χ2n) is 11.0. The van der Waals surface area contributed by atoms with Crippen molar-refractivity contribution in [3.8, 4) is 11.3 Å². The van der Waals surface area contributed by atoms with Gasteiger partial charge in [-0.3, -0.25) is 14.5 Å². The van der Waals surface area contributed by atoms with E-state index in [9.17, 15) is 9.59 Å². The average Bonchev–Trinajstić information content (AvgIpc) is 3.58. The van der Waals surface area contributed by atoms with Crippen LogP contribution in [0.1, 0.15) is 12.8 Å². The first-order chi connectivity index (χ1) is 20.6. The Kier molecular flexibility index (Phi) is 8.88. The van der Waals surface area contributed by atoms with Crippen molar-refractivity contribution < 1.29 is 9.59 Å². The monoisotopic (exact) mass is 569 g/mol. The predicted molar refractivity (Wildman–Crippen MR) is 165 cm³/mol. The van der Waals surface area contributed by atoms with Crippen LogP contribution in [-0.2, 0) is 9.59 Å². The summed E-state index contributed by atoms with van der Waals surface area (Å²) in [5.41, 5.74) is 4.55. The van der Waals surface area contributed by atoms with Crippen LogP contribution < -0.4 is 26.2 Å². The van der Waals surface area contributed by atoms with Gasteiger partial charge in [-0.05, 0) is 61.9 Å². The molecule has 42 heavy (non-hydrogen) atoms. The van der Waals surface area contributed by atoms with E-state index < -0.39 is 0 Å². The number of hydrogen-bond acceptors (Lipinski definition) is 9. The lowest BCUT2D eigenvalue weighted by molar-refractivity contribution is -0.132. The third-order valence-electron chi connectivity index (χ3n) is 8.17. The van der Waals surface area contributed by atoms with Gasteiger partial charge in [-0.15, -0.1) is 0 Å². The third kappa shape index (κ3) is 7.04. The largest absolute Gasteiger partial charge is 0.368 e. The number of piperazine rings is 2. The van der Waals surface area contributed by atoms with Crippen LogP contribution in [0, 0.1) is 0 Å². The normalized spacial score (nSPS) is 19.5. The molecule has 3 aliphatic heterocycles. The highest BCUT2D eigenvalue weighted by Gasteiger charge is 2.24. The minimum absolute atomic E-state index is 0.0125. The molecule has 11 nitrogen and oxygen atoms in total. The Morgan fingerprint density at radius 2 is 1.60 bits per heavy atom. The Morgan fingerprint density at radius 1 is 0.857 bits per heavy atom. The molecule has 220 valence electrons. The van der Waals surface area contributed by atoms with Crippen LogP contribution in [0.25, 0.3) is 11.3 Å². The van der Waals surface area contributed by atoms with Gasteiger partial charge in [0.1, 0.15) is 0 Å². The van der Waals surface area contributed by atoms with Gasteiger partial charge in [0.05, 0.1) is 18.3 Å². The number of anilines is 4. The average molecular weight is 570 g/mol. The maximum atomic E-state index is 12.7. The summed E-state index contributed by atoms with van der Waals surface area (Å²) in [6, 6.07) is 17.7. The molecule has 3 saturated heterocycles. The molecule has 4 N–H and O–H groups in total. The molecule has 0 bridgehead atoms. The number of benzene rings is 2. The summed E-state index contributed by atoms with van der Waals surface area (Å²) in [6.07, 6.45) is 3.65. The zero-order valence-corrected chi connectivity index (χ0v) is 23.9. The van der Waals surface area contributed by atoms with Crippen molar-refractivity contribution in [3.63, 3.8) is 0 Å². The lowest BCUT2D eigenvalue weighted by Gasteiger charge is -2.37. The number of carbonyl (C=O) groups excluding carboxylic acids is 2. The van der Waals surface area contributed by atoms with Crippen LogP contribution in [0.3, 0.4) is 0 Å². The second-order valence-corrected chi connectivity index (χ2v) is 11.0. The van der Waals surface area contributed by atoms with E-state index in [1.807, 2.05) is 47.4 Å². The first-order valence-electron chi connectivity index (χ1n) is 14.9. The number of aromatic nitrogens is 2. The molecule has 4 heterocycles. The van der Waals surface area contributed by atoms with Gasteiger partial charge in [-0.1, -0.05) is 12.1 Å². The van der Waals surface area contributed by atoms with Crippen LogP contribution in [-0.4, -0.2) is 103 Å². The van der Waals surface area contributed by atoms with Gasteiger partial charge in [0.2, 0.25) is 17.8 Å². The van der Waals surface area contributed by atoms with Crippen LogP contribution in [0.2, 0.25) is 0 Å². The van der Waals surface area contributed by atoms with Gasteiger partial charge in [-0.25, -0.2) is 9.97 Å². The van der Waals surface area contributed by atoms with Gasteiger partial charge in [0.15, 0.2) is 0 Å². The molecular weight excluding hydrogens is 530 g/mol. The molecule has 1 atom stereocenters. The summed E-state index contributed by atoms with van der Waals surface area (Å²) in [5.74, 6) is 0.762. The molecule has 1 aromatic heterocycles. The van der Waals surface area contributed by atoms with Crippen molar-refractivity contribution in [3.05, 3.63) is 60.8 Å². The molecular formula is C31H39N9O2.